The molecule has 7 nitrogen and oxygen atoms in total. The van der Waals surface area contributed by atoms with Gasteiger partial charge in [0.1, 0.15) is 6.54 Å². The molecule has 3 aromatic carbocycles. The number of fused-ring (bicyclic) bond motifs is 1. The number of hydrogen-bond acceptors (Lipinski definition) is 5. The Morgan fingerprint density at radius 1 is 0.944 bits per heavy atom. The number of nitrogens with one attached hydrogen (secondary N) is 1. The molecule has 4 rings (SSSR count). The number of ether oxygens (including phenoxy) is 1. The molecular formula is C28H28N2O5S. The molecule has 1 heterocycles. The van der Waals surface area contributed by atoms with E-state index in [1.807, 2.05) is 13.8 Å². The van der Waals surface area contributed by atoms with Gasteiger partial charge < -0.3 is 14.6 Å². The summed E-state index contributed by atoms with van der Waals surface area (Å²) in [6, 6.07) is 20.3. The molecule has 0 radical (unpaired) electrons. The smallest absolute Gasteiger partial charge is 0.338 e. The lowest BCUT2D eigenvalue weighted by Gasteiger charge is -2.08. The third-order valence-electron chi connectivity index (χ3n) is 5.82. The van der Waals surface area contributed by atoms with Gasteiger partial charge in [-0.25, -0.2) is 13.2 Å². The van der Waals surface area contributed by atoms with E-state index in [0.29, 0.717) is 28.8 Å². The number of unbranched alkanes of at least 4 members (excludes halogenated alkanes) is 1. The highest BCUT2D eigenvalue weighted by Gasteiger charge is 2.24. The van der Waals surface area contributed by atoms with E-state index in [9.17, 15) is 18.0 Å². The molecule has 0 aliphatic rings. The molecular weight excluding hydrogens is 476 g/mol. The highest BCUT2D eigenvalue weighted by atomic mass is 32.2. The van der Waals surface area contributed by atoms with Crippen LogP contribution in [-0.4, -0.2) is 31.5 Å². The number of benzene rings is 3. The number of rotatable bonds is 9. The predicted molar refractivity (Wildman–Crippen MR) is 139 cm³/mol. The van der Waals surface area contributed by atoms with Crippen LogP contribution in [0.5, 0.6) is 0 Å². The summed E-state index contributed by atoms with van der Waals surface area (Å²) >= 11 is 0. The molecule has 0 saturated carbocycles. The Kier molecular flexibility index (Phi) is 7.55. The maximum atomic E-state index is 13.4. The van der Waals surface area contributed by atoms with Crippen molar-refractivity contribution in [3.8, 4) is 0 Å². The Hall–Kier alpha value is -3.91. The molecule has 1 N–H and O–H groups in total. The maximum Gasteiger partial charge on any atom is 0.338 e. The van der Waals surface area contributed by atoms with Gasteiger partial charge in [-0.3, -0.25) is 4.79 Å². The molecule has 8 heteroatoms. The SMILES string of the molecule is CCCCOC(=O)c1ccc(NC(=O)Cn2cc(S(=O)(=O)c3ccc(C)cc3)c3ccccc32)cc1. The molecule has 0 atom stereocenters. The molecule has 186 valence electrons. The van der Waals surface area contributed by atoms with E-state index >= 15 is 0 Å². The van der Waals surface area contributed by atoms with Crippen molar-refractivity contribution in [1.29, 1.82) is 0 Å². The largest absolute Gasteiger partial charge is 0.462 e. The number of carbonyl (C=O) groups is 2. The van der Waals surface area contributed by atoms with Crippen molar-refractivity contribution in [3.05, 3.63) is 90.1 Å². The summed E-state index contributed by atoms with van der Waals surface area (Å²) in [5.41, 5.74) is 2.54. The number of esters is 1. The molecule has 4 aromatic rings. The van der Waals surface area contributed by atoms with Crippen molar-refractivity contribution >= 4 is 38.3 Å². The van der Waals surface area contributed by atoms with Crippen LogP contribution in [0.1, 0.15) is 35.7 Å². The van der Waals surface area contributed by atoms with E-state index in [-0.39, 0.29) is 22.2 Å². The van der Waals surface area contributed by atoms with E-state index in [0.717, 1.165) is 18.4 Å². The summed E-state index contributed by atoms with van der Waals surface area (Å²) in [6.45, 7) is 4.21. The zero-order valence-electron chi connectivity index (χ0n) is 20.2. The normalized spacial score (nSPS) is 11.4. The fourth-order valence-electron chi connectivity index (χ4n) is 3.84. The first-order valence-corrected chi connectivity index (χ1v) is 13.2. The fraction of sp³-hybridized carbons (Fsp3) is 0.214. The number of hydrogen-bond donors (Lipinski definition) is 1. The average molecular weight is 505 g/mol. The third-order valence-corrected chi connectivity index (χ3v) is 7.62. The van der Waals surface area contributed by atoms with Gasteiger partial charge in [-0.05, 0) is 55.8 Å². The van der Waals surface area contributed by atoms with Gasteiger partial charge in [-0.2, -0.15) is 0 Å². The van der Waals surface area contributed by atoms with Crippen LogP contribution < -0.4 is 5.32 Å². The van der Waals surface area contributed by atoms with Crippen molar-refractivity contribution < 1.29 is 22.7 Å². The lowest BCUT2D eigenvalue weighted by Crippen LogP contribution is -2.18. The van der Waals surface area contributed by atoms with Gasteiger partial charge >= 0.3 is 5.97 Å². The van der Waals surface area contributed by atoms with Crippen LogP contribution in [0.15, 0.2) is 88.8 Å². The number of sulfone groups is 1. The molecule has 0 unspecified atom stereocenters. The third kappa shape index (κ3) is 5.49. The second-order valence-electron chi connectivity index (χ2n) is 8.57. The van der Waals surface area contributed by atoms with Crippen molar-refractivity contribution in [3.63, 3.8) is 0 Å². The number of aromatic nitrogens is 1. The molecule has 36 heavy (non-hydrogen) atoms. The Balaban J connectivity index is 1.52. The van der Waals surface area contributed by atoms with Gasteiger partial charge in [0.15, 0.2) is 0 Å². The molecule has 0 aliphatic carbocycles. The van der Waals surface area contributed by atoms with E-state index in [2.05, 4.69) is 5.32 Å². The highest BCUT2D eigenvalue weighted by molar-refractivity contribution is 7.91. The van der Waals surface area contributed by atoms with Crippen LogP contribution >= 0.6 is 0 Å². The number of anilines is 1. The van der Waals surface area contributed by atoms with Gasteiger partial charge in [0.2, 0.25) is 15.7 Å². The van der Waals surface area contributed by atoms with E-state index in [4.69, 9.17) is 4.74 Å². The van der Waals surface area contributed by atoms with E-state index < -0.39 is 15.8 Å². The number of carbonyl (C=O) groups excluding carboxylic acids is 2. The van der Waals surface area contributed by atoms with Gasteiger partial charge in [0.25, 0.3) is 0 Å². The Bertz CT molecular complexity index is 1490. The molecule has 0 saturated heterocycles. The van der Waals surface area contributed by atoms with Gasteiger partial charge in [-0.15, -0.1) is 0 Å². The zero-order chi connectivity index (χ0) is 25.7. The summed E-state index contributed by atoms with van der Waals surface area (Å²) in [6.07, 6.45) is 3.26. The topological polar surface area (TPSA) is 94.5 Å². The minimum Gasteiger partial charge on any atom is -0.462 e. The minimum absolute atomic E-state index is 0.0786. The summed E-state index contributed by atoms with van der Waals surface area (Å²) in [7, 11) is -3.77. The summed E-state index contributed by atoms with van der Waals surface area (Å²) < 4.78 is 33.6. The van der Waals surface area contributed by atoms with Crippen molar-refractivity contribution in [2.24, 2.45) is 0 Å². The quantitative estimate of drug-likeness (QED) is 0.244. The number of nitrogens with zero attached hydrogens (tertiary/aromatic N) is 1. The Labute approximate surface area is 210 Å². The molecule has 0 bridgehead atoms. The lowest BCUT2D eigenvalue weighted by atomic mass is 10.2. The van der Waals surface area contributed by atoms with Crippen LogP contribution in [0.2, 0.25) is 0 Å². The van der Waals surface area contributed by atoms with E-state index in [1.165, 1.54) is 6.20 Å². The summed E-state index contributed by atoms with van der Waals surface area (Å²) in [5, 5.41) is 3.35. The average Bonchev–Trinajstić information content (AvgIpc) is 3.24. The monoisotopic (exact) mass is 504 g/mol. The Morgan fingerprint density at radius 3 is 2.33 bits per heavy atom. The lowest BCUT2D eigenvalue weighted by molar-refractivity contribution is -0.116. The number of amides is 1. The maximum absolute atomic E-state index is 13.4. The molecule has 1 amide bonds. The second-order valence-corrected chi connectivity index (χ2v) is 10.5. The first kappa shape index (κ1) is 25.2. The van der Waals surface area contributed by atoms with Crippen LogP contribution in [0, 0.1) is 6.92 Å². The van der Waals surface area contributed by atoms with Gasteiger partial charge in [-0.1, -0.05) is 49.2 Å². The number of para-hydroxylation sites is 1. The molecule has 1 aromatic heterocycles. The van der Waals surface area contributed by atoms with Crippen molar-refractivity contribution in [2.75, 3.05) is 11.9 Å². The standard InChI is InChI=1S/C28H28N2O5S/c1-3-4-17-35-28(32)21-11-13-22(14-12-21)29-27(31)19-30-18-26(24-7-5-6-8-25(24)30)36(33,34)23-15-9-20(2)10-16-23/h5-16,18H,3-4,17,19H2,1-2H3,(H,29,31). The van der Waals surface area contributed by atoms with Crippen molar-refractivity contribution in [1.82, 2.24) is 4.57 Å². The highest BCUT2D eigenvalue weighted by Crippen LogP contribution is 2.30. The zero-order valence-corrected chi connectivity index (χ0v) is 21.0. The van der Waals surface area contributed by atoms with Crippen LogP contribution in [0.3, 0.4) is 0 Å². The molecule has 0 spiro atoms. The summed E-state index contributed by atoms with van der Waals surface area (Å²) in [4.78, 5) is 25.2. The van der Waals surface area contributed by atoms with Crippen LogP contribution in [0.4, 0.5) is 5.69 Å². The van der Waals surface area contributed by atoms with Gasteiger partial charge in [0.05, 0.1) is 22.0 Å². The first-order valence-electron chi connectivity index (χ1n) is 11.8. The minimum atomic E-state index is -3.77. The Morgan fingerprint density at radius 2 is 1.64 bits per heavy atom. The first-order chi connectivity index (χ1) is 17.3. The summed E-state index contributed by atoms with van der Waals surface area (Å²) in [5.74, 6) is -0.726. The molecule has 0 fully saturated rings. The van der Waals surface area contributed by atoms with Crippen molar-refractivity contribution in [2.45, 2.75) is 43.0 Å². The van der Waals surface area contributed by atoms with Crippen LogP contribution in [0.25, 0.3) is 10.9 Å². The number of aryl methyl sites for hydroxylation is 1. The molecule has 0 aliphatic heterocycles. The second kappa shape index (κ2) is 10.8. The van der Waals surface area contributed by atoms with Gasteiger partial charge in [0, 0.05) is 22.8 Å². The van der Waals surface area contributed by atoms with Crippen LogP contribution in [-0.2, 0) is 25.9 Å². The predicted octanol–water partition coefficient (Wildman–Crippen LogP) is 5.38. The van der Waals surface area contributed by atoms with E-state index in [1.54, 1.807) is 77.4 Å². The fourth-order valence-corrected chi connectivity index (χ4v) is 5.32.